The molecule has 296 valence electrons. The molecule has 0 unspecified atom stereocenters. The Morgan fingerprint density at radius 3 is 2.18 bits per heavy atom. The molecule has 3 saturated heterocycles. The Morgan fingerprint density at radius 2 is 1.61 bits per heavy atom. The van der Waals surface area contributed by atoms with Crippen LogP contribution in [0.2, 0.25) is 0 Å². The Labute approximate surface area is 303 Å². The minimum absolute atomic E-state index is 0.139. The molecule has 4 N–H and O–H groups in total. The molecule has 17 atom stereocenters. The summed E-state index contributed by atoms with van der Waals surface area (Å²) in [5.41, 5.74) is -3.19. The van der Waals surface area contributed by atoms with Gasteiger partial charge in [-0.05, 0) is 60.5 Å². The molecule has 14 nitrogen and oxygen atoms in total. The van der Waals surface area contributed by atoms with E-state index < -0.39 is 113 Å². The molecular formula is C37H65NO13. The van der Waals surface area contributed by atoms with Crippen molar-refractivity contribution in [3.05, 3.63) is 16.5 Å². The van der Waals surface area contributed by atoms with E-state index in [1.54, 1.807) is 34.6 Å². The average Bonchev–Trinajstić information content (AvgIpc) is 3.36. The molecule has 0 aromatic heterocycles. The van der Waals surface area contributed by atoms with Gasteiger partial charge in [-0.25, -0.2) is 0 Å². The van der Waals surface area contributed by atoms with Crippen molar-refractivity contribution in [1.29, 1.82) is 0 Å². The number of fused-ring (bicyclic) bond motifs is 2. The standard InChI is InChI=1S/C37H65NO13/c1-14-25-37(10,43)30(40)20(4)28-18(2)16-36(9,51-28)32(50-34-27(39)24(38(11,12)44)15-19(3)46-34)21(5)29(22(6)33(42)48-25)49-26-17-35(8,45-13)31(41)23(7)47-26/h19-27,29-32,34,39-41,43H,14-17H2,1-13H3/t19-,20+,21+,22-,23+,24+,25+,26+,27-,29-,30-,31+,32-,34+,35-,36+,37-/m1/s1. The van der Waals surface area contributed by atoms with Crippen molar-refractivity contribution in [3.63, 3.8) is 0 Å². The fourth-order valence-corrected chi connectivity index (χ4v) is 8.83. The van der Waals surface area contributed by atoms with Gasteiger partial charge >= 0.3 is 5.97 Å². The third-order valence-corrected chi connectivity index (χ3v) is 12.1. The van der Waals surface area contributed by atoms with Crippen LogP contribution < -0.4 is 0 Å². The minimum atomic E-state index is -1.85. The predicted molar refractivity (Wildman–Crippen MR) is 185 cm³/mol. The number of carbonyl (C=O) groups excluding carboxylic acids is 1. The van der Waals surface area contributed by atoms with Gasteiger partial charge in [0.05, 0.1) is 50.0 Å². The van der Waals surface area contributed by atoms with Crippen LogP contribution in [-0.2, 0) is 38.0 Å². The maximum Gasteiger partial charge on any atom is 0.311 e. The largest absolute Gasteiger partial charge is 0.633 e. The maximum absolute atomic E-state index is 14.1. The first-order valence-electron chi connectivity index (χ1n) is 18.5. The van der Waals surface area contributed by atoms with Crippen LogP contribution in [0.5, 0.6) is 0 Å². The number of quaternary nitrogens is 1. The van der Waals surface area contributed by atoms with Gasteiger partial charge in [0.15, 0.2) is 18.7 Å². The number of cyclic esters (lactones) is 1. The molecule has 0 saturated carbocycles. The number of methoxy groups -OCH3 is 1. The van der Waals surface area contributed by atoms with Gasteiger partial charge in [-0.15, -0.1) is 0 Å². The minimum Gasteiger partial charge on any atom is -0.633 e. The first kappa shape index (κ1) is 42.3. The van der Waals surface area contributed by atoms with Crippen LogP contribution in [0.15, 0.2) is 11.3 Å². The predicted octanol–water partition coefficient (Wildman–Crippen LogP) is 2.90. The molecule has 3 fully saturated rings. The molecule has 14 heteroatoms. The van der Waals surface area contributed by atoms with Crippen molar-refractivity contribution in [1.82, 2.24) is 0 Å². The second-order valence-electron chi connectivity index (χ2n) is 16.8. The van der Waals surface area contributed by atoms with Crippen molar-refractivity contribution >= 4 is 5.97 Å². The number of hydrogen-bond acceptors (Lipinski definition) is 13. The number of esters is 1. The van der Waals surface area contributed by atoms with Crippen LogP contribution in [0, 0.1) is 23.0 Å². The fraction of sp³-hybridized carbons (Fsp3) is 0.919. The highest BCUT2D eigenvalue weighted by Crippen LogP contribution is 2.47. The summed E-state index contributed by atoms with van der Waals surface area (Å²) in [6.07, 6.45) is -8.81. The van der Waals surface area contributed by atoms with Crippen LogP contribution >= 0.6 is 0 Å². The maximum atomic E-state index is 14.1. The third kappa shape index (κ3) is 8.31. The van der Waals surface area contributed by atoms with Gasteiger partial charge in [-0.3, -0.25) is 4.79 Å². The van der Waals surface area contributed by atoms with Crippen LogP contribution in [0.3, 0.4) is 0 Å². The van der Waals surface area contributed by atoms with Gasteiger partial charge in [-0.1, -0.05) is 20.8 Å². The topological polar surface area (TPSA) is 186 Å². The number of rotatable bonds is 7. The zero-order valence-electron chi connectivity index (χ0n) is 32.8. The quantitative estimate of drug-likeness (QED) is 0.170. The Hall–Kier alpha value is -1.43. The second kappa shape index (κ2) is 15.4. The molecule has 0 radical (unpaired) electrons. The summed E-state index contributed by atoms with van der Waals surface area (Å²) in [4.78, 5) is 14.1. The fourth-order valence-electron chi connectivity index (χ4n) is 8.83. The lowest BCUT2D eigenvalue weighted by Crippen LogP contribution is -2.62. The first-order chi connectivity index (χ1) is 23.4. The summed E-state index contributed by atoms with van der Waals surface area (Å²) in [6, 6.07) is -0.740. The van der Waals surface area contributed by atoms with Crippen molar-refractivity contribution in [2.75, 3.05) is 21.2 Å². The van der Waals surface area contributed by atoms with Crippen molar-refractivity contribution in [3.8, 4) is 0 Å². The molecule has 51 heavy (non-hydrogen) atoms. The van der Waals surface area contributed by atoms with E-state index in [2.05, 4.69) is 0 Å². The molecule has 2 bridgehead atoms. The second-order valence-corrected chi connectivity index (χ2v) is 16.8. The Morgan fingerprint density at radius 1 is 0.980 bits per heavy atom. The molecule has 4 heterocycles. The smallest absolute Gasteiger partial charge is 0.311 e. The van der Waals surface area contributed by atoms with Crippen LogP contribution in [0.25, 0.3) is 0 Å². The molecule has 0 aliphatic carbocycles. The highest BCUT2D eigenvalue weighted by atomic mass is 16.7. The Kier molecular flexibility index (Phi) is 12.8. The Balaban J connectivity index is 1.85. The third-order valence-electron chi connectivity index (χ3n) is 12.1. The summed E-state index contributed by atoms with van der Waals surface area (Å²) in [5, 5.41) is 59.0. The van der Waals surface area contributed by atoms with E-state index in [1.807, 2.05) is 27.7 Å². The highest BCUT2D eigenvalue weighted by molar-refractivity contribution is 5.73. The normalized spacial score (nSPS) is 49.0. The summed E-state index contributed by atoms with van der Waals surface area (Å²) < 4.78 is 43.6. The summed E-state index contributed by atoms with van der Waals surface area (Å²) in [7, 11) is 4.46. The zero-order valence-corrected chi connectivity index (χ0v) is 32.8. The van der Waals surface area contributed by atoms with Gasteiger partial charge in [0.25, 0.3) is 0 Å². The number of aliphatic hydroxyl groups excluding tert-OH is 3. The van der Waals surface area contributed by atoms with Gasteiger partial charge in [-0.2, -0.15) is 0 Å². The van der Waals surface area contributed by atoms with E-state index >= 15 is 0 Å². The monoisotopic (exact) mass is 731 g/mol. The van der Waals surface area contributed by atoms with Crippen LogP contribution in [0.1, 0.15) is 94.9 Å². The Bertz CT molecular complexity index is 1260. The molecule has 0 spiro atoms. The van der Waals surface area contributed by atoms with Gasteiger partial charge < -0.3 is 63.4 Å². The molecule has 0 aromatic carbocycles. The number of ether oxygens (including phenoxy) is 7. The van der Waals surface area contributed by atoms with E-state index in [0.717, 1.165) is 5.57 Å². The summed E-state index contributed by atoms with van der Waals surface area (Å²) in [6.45, 7) is 17.5. The molecule has 4 rings (SSSR count). The van der Waals surface area contributed by atoms with Gasteiger partial charge in [0.2, 0.25) is 0 Å². The van der Waals surface area contributed by atoms with E-state index in [4.69, 9.17) is 33.2 Å². The SMILES string of the molecule is CC[C@@H]1OC(=O)[C@H](C)[C@H](O[C@H]2C[C@@](C)(OC)[C@@H](O)[C@H](C)O2)[C@H](C)[C@@H](O[C@@H]2O[C@H](C)C[C@H]([N+](C)(C)[O-])[C@H]2O)[C@]2(C)CC(C)=C(O2)[C@H](C)[C@@H](O)[C@]1(C)O. The number of hydrogen-bond donors (Lipinski definition) is 4. The molecule has 0 aromatic rings. The van der Waals surface area contributed by atoms with Gasteiger partial charge in [0.1, 0.15) is 41.3 Å². The van der Waals surface area contributed by atoms with E-state index in [1.165, 1.54) is 28.1 Å². The number of hydroxylamine groups is 3. The summed E-state index contributed by atoms with van der Waals surface area (Å²) >= 11 is 0. The van der Waals surface area contributed by atoms with E-state index in [9.17, 15) is 30.4 Å². The van der Waals surface area contributed by atoms with Crippen molar-refractivity contribution in [2.24, 2.45) is 17.8 Å². The van der Waals surface area contributed by atoms with Crippen molar-refractivity contribution in [2.45, 2.75) is 179 Å². The van der Waals surface area contributed by atoms with Crippen molar-refractivity contribution < 1.29 is 63.0 Å². The molecule has 4 aliphatic rings. The van der Waals surface area contributed by atoms with Crippen LogP contribution in [0.4, 0.5) is 0 Å². The van der Waals surface area contributed by atoms with E-state index in [-0.39, 0.29) is 12.8 Å². The molecule has 0 amide bonds. The summed E-state index contributed by atoms with van der Waals surface area (Å²) in [5.74, 6) is -2.57. The first-order valence-corrected chi connectivity index (χ1v) is 18.5. The highest BCUT2D eigenvalue weighted by Gasteiger charge is 2.56. The lowest BCUT2D eigenvalue weighted by atomic mass is 9.78. The van der Waals surface area contributed by atoms with Crippen LogP contribution in [-0.4, -0.2) is 137 Å². The number of aliphatic hydroxyl groups is 4. The lowest BCUT2D eigenvalue weighted by molar-refractivity contribution is -0.874. The number of likely N-dealkylation sites (N-methyl/N-ethyl adjacent to an activating group) is 1. The lowest BCUT2D eigenvalue weighted by Gasteiger charge is -2.51. The van der Waals surface area contributed by atoms with E-state index in [0.29, 0.717) is 18.6 Å². The number of carbonyl (C=O) groups is 1. The molecule has 4 aliphatic heterocycles. The molecular weight excluding hydrogens is 666 g/mol. The zero-order chi connectivity index (χ0) is 38.6. The number of nitrogens with zero attached hydrogens (tertiary/aromatic N) is 1. The van der Waals surface area contributed by atoms with Gasteiger partial charge in [0, 0.05) is 38.2 Å². The average molecular weight is 732 g/mol.